The van der Waals surface area contributed by atoms with E-state index in [0.717, 1.165) is 16.8 Å². The van der Waals surface area contributed by atoms with Gasteiger partial charge in [-0.2, -0.15) is 0 Å². The molecule has 0 aliphatic carbocycles. The van der Waals surface area contributed by atoms with Crippen molar-refractivity contribution in [3.63, 3.8) is 0 Å². The Morgan fingerprint density at radius 1 is 1.04 bits per heavy atom. The molecule has 1 aliphatic rings. The van der Waals surface area contributed by atoms with Gasteiger partial charge in [0.2, 0.25) is 5.91 Å². The number of carbonyl (C=O) groups excluding carboxylic acids is 1. The van der Waals surface area contributed by atoms with Crippen LogP contribution in [0.15, 0.2) is 54.6 Å². The van der Waals surface area contributed by atoms with Gasteiger partial charge in [0.25, 0.3) is 0 Å². The molecule has 1 aromatic heterocycles. The number of aliphatic hydroxyl groups is 1. The summed E-state index contributed by atoms with van der Waals surface area (Å²) in [6.07, 6.45) is 0. The molecule has 6 nitrogen and oxygen atoms in total. The molecule has 24 heavy (non-hydrogen) atoms. The summed E-state index contributed by atoms with van der Waals surface area (Å²) in [7, 11) is 0. The predicted molar refractivity (Wildman–Crippen MR) is 89.0 cm³/mol. The van der Waals surface area contributed by atoms with Crippen LogP contribution in [0.4, 0.5) is 5.69 Å². The number of nitrogens with zero attached hydrogens (tertiary/aromatic N) is 4. The Balaban J connectivity index is 1.85. The van der Waals surface area contributed by atoms with Crippen LogP contribution in [0, 0.1) is 0 Å². The number of carbonyl (C=O) groups is 1. The van der Waals surface area contributed by atoms with Gasteiger partial charge in [-0.05, 0) is 11.6 Å². The molecular weight excluding hydrogens is 304 g/mol. The number of benzene rings is 2. The molecule has 0 unspecified atom stereocenters. The smallest absolute Gasteiger partial charge is 0.249 e. The highest BCUT2D eigenvalue weighted by molar-refractivity contribution is 5.99. The molecule has 1 amide bonds. The summed E-state index contributed by atoms with van der Waals surface area (Å²) >= 11 is 0. The largest absolute Gasteiger partial charge is 0.390 e. The molecule has 2 heterocycles. The summed E-state index contributed by atoms with van der Waals surface area (Å²) < 4.78 is 1.57. The average Bonchev–Trinajstić information content (AvgIpc) is 2.98. The summed E-state index contributed by atoms with van der Waals surface area (Å²) in [5.74, 6) is -0.0561. The zero-order chi connectivity index (χ0) is 16.5. The number of para-hydroxylation sites is 1. The highest BCUT2D eigenvalue weighted by Crippen LogP contribution is 2.35. The lowest BCUT2D eigenvalue weighted by atomic mass is 10.1. The van der Waals surface area contributed by atoms with Gasteiger partial charge < -0.3 is 10.0 Å². The van der Waals surface area contributed by atoms with Gasteiger partial charge in [-0.25, -0.2) is 4.68 Å². The van der Waals surface area contributed by atoms with Crippen LogP contribution < -0.4 is 4.90 Å². The Labute approximate surface area is 139 Å². The Hall–Kier alpha value is -2.99. The van der Waals surface area contributed by atoms with Crippen molar-refractivity contribution in [1.82, 2.24) is 15.0 Å². The topological polar surface area (TPSA) is 71.2 Å². The van der Waals surface area contributed by atoms with Gasteiger partial charge in [0.15, 0.2) is 0 Å². The van der Waals surface area contributed by atoms with Crippen LogP contribution in [-0.2, 0) is 24.5 Å². The van der Waals surface area contributed by atoms with Crippen LogP contribution in [0.1, 0.15) is 11.3 Å². The fourth-order valence-electron chi connectivity index (χ4n) is 3.06. The van der Waals surface area contributed by atoms with Gasteiger partial charge in [0.1, 0.15) is 12.2 Å². The first-order valence-corrected chi connectivity index (χ1v) is 7.75. The highest BCUT2D eigenvalue weighted by atomic mass is 16.3. The van der Waals surface area contributed by atoms with Crippen molar-refractivity contribution >= 4 is 11.6 Å². The van der Waals surface area contributed by atoms with E-state index in [9.17, 15) is 9.90 Å². The average molecular weight is 320 g/mol. The highest BCUT2D eigenvalue weighted by Gasteiger charge is 2.28. The molecule has 0 spiro atoms. The molecule has 3 aromatic rings. The minimum Gasteiger partial charge on any atom is -0.390 e. The van der Waals surface area contributed by atoms with Crippen molar-refractivity contribution in [2.75, 3.05) is 4.90 Å². The molecule has 0 fully saturated rings. The zero-order valence-electron chi connectivity index (χ0n) is 13.0. The Morgan fingerprint density at radius 2 is 1.79 bits per heavy atom. The summed E-state index contributed by atoms with van der Waals surface area (Å²) in [5, 5.41) is 17.6. The first-order chi connectivity index (χ1) is 11.8. The van der Waals surface area contributed by atoms with Crippen molar-refractivity contribution < 1.29 is 9.90 Å². The van der Waals surface area contributed by atoms with Crippen LogP contribution in [0.3, 0.4) is 0 Å². The van der Waals surface area contributed by atoms with E-state index >= 15 is 0 Å². The number of hydrogen-bond donors (Lipinski definition) is 1. The van der Waals surface area contributed by atoms with E-state index < -0.39 is 0 Å². The van der Waals surface area contributed by atoms with Gasteiger partial charge in [-0.3, -0.25) is 4.79 Å². The van der Waals surface area contributed by atoms with Gasteiger partial charge in [0.05, 0.1) is 24.5 Å². The van der Waals surface area contributed by atoms with Crippen molar-refractivity contribution in [2.45, 2.75) is 19.7 Å². The number of amides is 1. The zero-order valence-corrected chi connectivity index (χ0v) is 13.0. The molecule has 0 bridgehead atoms. The first kappa shape index (κ1) is 14.6. The van der Waals surface area contributed by atoms with Crippen molar-refractivity contribution in [1.29, 1.82) is 0 Å². The predicted octanol–water partition coefficient (Wildman–Crippen LogP) is 1.98. The lowest BCUT2D eigenvalue weighted by molar-refractivity contribution is -0.119. The maximum absolute atomic E-state index is 12.8. The Kier molecular flexibility index (Phi) is 3.59. The molecule has 2 aromatic carbocycles. The van der Waals surface area contributed by atoms with Crippen LogP contribution >= 0.6 is 0 Å². The fraction of sp³-hybridized carbons (Fsp3) is 0.167. The van der Waals surface area contributed by atoms with E-state index in [0.29, 0.717) is 17.9 Å². The first-order valence-electron chi connectivity index (χ1n) is 7.75. The number of hydrogen-bond acceptors (Lipinski definition) is 4. The second-order valence-electron chi connectivity index (χ2n) is 5.68. The number of fused-ring (bicyclic) bond motifs is 3. The Morgan fingerprint density at radius 3 is 2.58 bits per heavy atom. The van der Waals surface area contributed by atoms with Crippen molar-refractivity contribution in [3.05, 3.63) is 65.9 Å². The third kappa shape index (κ3) is 2.37. The van der Waals surface area contributed by atoms with Crippen molar-refractivity contribution in [3.8, 4) is 11.3 Å². The normalized spacial score (nSPS) is 13.4. The van der Waals surface area contributed by atoms with Gasteiger partial charge in [-0.15, -0.1) is 5.10 Å². The summed E-state index contributed by atoms with van der Waals surface area (Å²) in [6.45, 7) is 0.379. The molecule has 0 saturated carbocycles. The van der Waals surface area contributed by atoms with E-state index in [4.69, 9.17) is 0 Å². The van der Waals surface area contributed by atoms with E-state index in [2.05, 4.69) is 10.3 Å². The standard InChI is InChI=1S/C18H16N4O2/c23-12-15-18-14-8-4-5-9-16(14)21(10-13-6-2-1-3-7-13)17(24)11-22(18)20-19-15/h1-9,23H,10-12H2. The molecule has 120 valence electrons. The van der Waals surface area contributed by atoms with Gasteiger partial charge in [-0.1, -0.05) is 53.7 Å². The van der Waals surface area contributed by atoms with Crippen LogP contribution in [-0.4, -0.2) is 26.0 Å². The molecule has 6 heteroatoms. The fourth-order valence-corrected chi connectivity index (χ4v) is 3.06. The molecular formula is C18H16N4O2. The molecule has 0 atom stereocenters. The third-order valence-electron chi connectivity index (χ3n) is 4.17. The third-order valence-corrected chi connectivity index (χ3v) is 4.17. The number of rotatable bonds is 3. The van der Waals surface area contributed by atoms with Gasteiger partial charge in [0, 0.05) is 5.56 Å². The summed E-state index contributed by atoms with van der Waals surface area (Å²) in [6, 6.07) is 17.5. The van der Waals surface area contributed by atoms with Gasteiger partial charge >= 0.3 is 0 Å². The lowest BCUT2D eigenvalue weighted by Crippen LogP contribution is -2.32. The maximum Gasteiger partial charge on any atom is 0.249 e. The maximum atomic E-state index is 12.8. The molecule has 4 rings (SSSR count). The van der Waals surface area contributed by atoms with E-state index in [1.165, 1.54) is 0 Å². The number of aliphatic hydroxyl groups excluding tert-OH is 1. The van der Waals surface area contributed by atoms with Crippen LogP contribution in [0.25, 0.3) is 11.3 Å². The summed E-state index contributed by atoms with van der Waals surface area (Å²) in [4.78, 5) is 14.6. The van der Waals surface area contributed by atoms with E-state index in [1.54, 1.807) is 9.58 Å². The minimum atomic E-state index is -0.212. The van der Waals surface area contributed by atoms with Crippen LogP contribution in [0.5, 0.6) is 0 Å². The number of aromatic nitrogens is 3. The summed E-state index contributed by atoms with van der Waals surface area (Å²) in [5.41, 5.74) is 3.91. The number of anilines is 1. The van der Waals surface area contributed by atoms with E-state index in [-0.39, 0.29) is 19.1 Å². The van der Waals surface area contributed by atoms with Crippen LogP contribution in [0.2, 0.25) is 0 Å². The Bertz CT molecular complexity index is 889. The second-order valence-corrected chi connectivity index (χ2v) is 5.68. The monoisotopic (exact) mass is 320 g/mol. The molecule has 1 N–H and O–H groups in total. The van der Waals surface area contributed by atoms with E-state index in [1.807, 2.05) is 54.6 Å². The van der Waals surface area contributed by atoms with Crippen molar-refractivity contribution in [2.24, 2.45) is 0 Å². The molecule has 0 saturated heterocycles. The quantitative estimate of drug-likeness (QED) is 0.801. The lowest BCUT2D eigenvalue weighted by Gasteiger charge is -2.22. The molecule has 1 aliphatic heterocycles. The minimum absolute atomic E-state index is 0.0561. The SMILES string of the molecule is O=C1Cn2nnc(CO)c2-c2ccccc2N1Cc1ccccc1. The molecule has 0 radical (unpaired) electrons. The second kappa shape index (κ2) is 5.90.